The lowest BCUT2D eigenvalue weighted by molar-refractivity contribution is -0.00580. The molecular weight excluding hydrogens is 240 g/mol. The zero-order valence-corrected chi connectivity index (χ0v) is 11.2. The molecule has 2 N–H and O–H groups in total. The Labute approximate surface area is 108 Å². The average molecular weight is 262 g/mol. The normalized spacial score (nSPS) is 21.6. The zero-order chi connectivity index (χ0) is 12.5. The fourth-order valence-corrected chi connectivity index (χ4v) is 1.82. The van der Waals surface area contributed by atoms with Crippen LogP contribution in [0.2, 0.25) is 0 Å². The first-order valence-corrected chi connectivity index (χ1v) is 6.35. The van der Waals surface area contributed by atoms with Crippen LogP contribution in [0, 0.1) is 0 Å². The molecule has 0 amide bonds. The van der Waals surface area contributed by atoms with Crippen LogP contribution in [-0.4, -0.2) is 69.2 Å². The molecule has 1 aliphatic heterocycles. The van der Waals surface area contributed by atoms with Crippen molar-refractivity contribution in [2.75, 3.05) is 53.2 Å². The number of morpholine rings is 1. The summed E-state index contributed by atoms with van der Waals surface area (Å²) in [6.45, 7) is 5.50. The van der Waals surface area contributed by atoms with Gasteiger partial charge in [-0.3, -0.25) is 4.90 Å². The predicted molar refractivity (Wildman–Crippen MR) is 70.3 cm³/mol. The molecule has 5 nitrogen and oxygen atoms in total. The van der Waals surface area contributed by atoms with E-state index in [1.807, 2.05) is 0 Å². The first kappa shape index (κ1) is 14.8. The van der Waals surface area contributed by atoms with Crippen LogP contribution in [-0.2, 0) is 14.2 Å². The molecule has 1 atom stereocenters. The second-order valence-electron chi connectivity index (χ2n) is 4.02. The maximum absolute atomic E-state index is 5.57. The second kappa shape index (κ2) is 8.77. The summed E-state index contributed by atoms with van der Waals surface area (Å²) in [4.78, 5) is 2.71. The van der Waals surface area contributed by atoms with E-state index in [2.05, 4.69) is 4.90 Å². The third-order valence-corrected chi connectivity index (χ3v) is 2.92. The largest absolute Gasteiger partial charge is 0.391 e. The van der Waals surface area contributed by atoms with E-state index in [0.717, 1.165) is 45.9 Å². The molecule has 0 aromatic carbocycles. The van der Waals surface area contributed by atoms with Gasteiger partial charge in [0.15, 0.2) is 0 Å². The number of methoxy groups -OCH3 is 1. The molecule has 0 radical (unpaired) electrons. The third kappa shape index (κ3) is 6.28. The highest BCUT2D eigenvalue weighted by atomic mass is 32.1. The number of hydrogen-bond donors (Lipinski definition) is 1. The summed E-state index contributed by atoms with van der Waals surface area (Å²) in [6, 6.07) is 0. The van der Waals surface area contributed by atoms with Crippen LogP contribution in [0.5, 0.6) is 0 Å². The van der Waals surface area contributed by atoms with Gasteiger partial charge in [-0.2, -0.15) is 0 Å². The van der Waals surface area contributed by atoms with Crippen molar-refractivity contribution in [2.24, 2.45) is 5.73 Å². The average Bonchev–Trinajstić information content (AvgIpc) is 2.34. The molecule has 0 aromatic rings. The van der Waals surface area contributed by atoms with Gasteiger partial charge in [0.2, 0.25) is 0 Å². The number of rotatable bonds is 8. The Morgan fingerprint density at radius 1 is 1.47 bits per heavy atom. The number of ether oxygens (including phenoxy) is 3. The fourth-order valence-electron chi connectivity index (χ4n) is 1.68. The van der Waals surface area contributed by atoms with Gasteiger partial charge in [-0.1, -0.05) is 12.2 Å². The van der Waals surface area contributed by atoms with E-state index < -0.39 is 0 Å². The van der Waals surface area contributed by atoms with Crippen LogP contribution in [0.3, 0.4) is 0 Å². The van der Waals surface area contributed by atoms with Gasteiger partial charge in [0.1, 0.15) is 11.1 Å². The van der Waals surface area contributed by atoms with E-state index in [1.54, 1.807) is 7.11 Å². The minimum atomic E-state index is -0.104. The Hall–Kier alpha value is -0.270. The van der Waals surface area contributed by atoms with Gasteiger partial charge < -0.3 is 19.9 Å². The van der Waals surface area contributed by atoms with Gasteiger partial charge in [-0.15, -0.1) is 0 Å². The summed E-state index contributed by atoms with van der Waals surface area (Å²) in [5, 5.41) is 0. The molecule has 0 saturated carbocycles. The zero-order valence-electron chi connectivity index (χ0n) is 10.4. The molecule has 17 heavy (non-hydrogen) atoms. The molecule has 0 aliphatic carbocycles. The molecule has 6 heteroatoms. The number of nitrogens with two attached hydrogens (primary N) is 1. The minimum Gasteiger partial charge on any atom is -0.391 e. The summed E-state index contributed by atoms with van der Waals surface area (Å²) in [6.07, 6.45) is 0.835. The monoisotopic (exact) mass is 262 g/mol. The maximum atomic E-state index is 5.57. The van der Waals surface area contributed by atoms with Crippen molar-refractivity contribution in [3.8, 4) is 0 Å². The van der Waals surface area contributed by atoms with E-state index in [9.17, 15) is 0 Å². The molecule has 1 unspecified atom stereocenters. The van der Waals surface area contributed by atoms with Gasteiger partial charge in [-0.25, -0.2) is 0 Å². The smallest absolute Gasteiger partial charge is 0.120 e. The molecule has 0 aromatic heterocycles. The molecule has 100 valence electrons. The number of nitrogens with zero attached hydrogens (tertiary/aromatic N) is 1. The second-order valence-corrected chi connectivity index (χ2v) is 4.49. The lowest BCUT2D eigenvalue weighted by atomic mass is 10.2. The van der Waals surface area contributed by atoms with Crippen molar-refractivity contribution in [3.63, 3.8) is 0 Å². The van der Waals surface area contributed by atoms with Crippen molar-refractivity contribution in [3.05, 3.63) is 0 Å². The summed E-state index contributed by atoms with van der Waals surface area (Å²) in [5.41, 5.74) is 5.57. The van der Waals surface area contributed by atoms with Crippen LogP contribution in [0.25, 0.3) is 0 Å². The van der Waals surface area contributed by atoms with Crippen LogP contribution in [0.15, 0.2) is 0 Å². The van der Waals surface area contributed by atoms with Crippen LogP contribution in [0.1, 0.15) is 6.42 Å². The minimum absolute atomic E-state index is 0.104. The molecular formula is C11H22N2O3S. The first-order valence-electron chi connectivity index (χ1n) is 5.94. The molecule has 1 heterocycles. The SMILES string of the molecule is COCCCOCCN1CCOC(C(N)=S)C1. The number of hydrogen-bond acceptors (Lipinski definition) is 5. The summed E-state index contributed by atoms with van der Waals surface area (Å²) in [5.74, 6) is 0. The van der Waals surface area contributed by atoms with E-state index >= 15 is 0 Å². The Bertz CT molecular complexity index is 229. The van der Waals surface area contributed by atoms with Crippen molar-refractivity contribution in [1.82, 2.24) is 4.90 Å². The van der Waals surface area contributed by atoms with Crippen LogP contribution in [0.4, 0.5) is 0 Å². The van der Waals surface area contributed by atoms with Gasteiger partial charge in [0.25, 0.3) is 0 Å². The lowest BCUT2D eigenvalue weighted by Gasteiger charge is -2.32. The molecule has 1 saturated heterocycles. The quantitative estimate of drug-likeness (QED) is 0.492. The van der Waals surface area contributed by atoms with Crippen molar-refractivity contribution < 1.29 is 14.2 Å². The summed E-state index contributed by atoms with van der Waals surface area (Å²) < 4.78 is 15.9. The standard InChI is InChI=1S/C11H22N2O3S/c1-14-5-2-6-15-7-3-13-4-8-16-10(9-13)11(12)17/h10H,2-9H2,1H3,(H2,12,17). The number of thiocarbonyl (C=S) groups is 1. The Kier molecular flexibility index (Phi) is 7.63. The van der Waals surface area contributed by atoms with Gasteiger partial charge in [0, 0.05) is 40.0 Å². The molecule has 0 spiro atoms. The molecule has 0 bridgehead atoms. The maximum Gasteiger partial charge on any atom is 0.120 e. The highest BCUT2D eigenvalue weighted by molar-refractivity contribution is 7.80. The highest BCUT2D eigenvalue weighted by Gasteiger charge is 2.21. The van der Waals surface area contributed by atoms with Crippen molar-refractivity contribution in [2.45, 2.75) is 12.5 Å². The summed E-state index contributed by atoms with van der Waals surface area (Å²) >= 11 is 4.93. The topological polar surface area (TPSA) is 57.0 Å². The Morgan fingerprint density at radius 2 is 2.29 bits per heavy atom. The predicted octanol–water partition coefficient (Wildman–Crippen LogP) is 0.0264. The molecule has 1 fully saturated rings. The van der Waals surface area contributed by atoms with Crippen LogP contribution >= 0.6 is 12.2 Å². The first-order chi connectivity index (χ1) is 8.24. The van der Waals surface area contributed by atoms with Gasteiger partial charge in [0.05, 0.1) is 13.2 Å². The van der Waals surface area contributed by atoms with Crippen molar-refractivity contribution >= 4 is 17.2 Å². The molecule has 1 aliphatic rings. The van der Waals surface area contributed by atoms with E-state index in [-0.39, 0.29) is 6.10 Å². The third-order valence-electron chi connectivity index (χ3n) is 2.66. The van der Waals surface area contributed by atoms with Gasteiger partial charge in [-0.05, 0) is 6.42 Å². The molecule has 1 rings (SSSR count). The summed E-state index contributed by atoms with van der Waals surface area (Å²) in [7, 11) is 1.70. The van der Waals surface area contributed by atoms with Crippen molar-refractivity contribution in [1.29, 1.82) is 0 Å². The Balaban J connectivity index is 2.04. The lowest BCUT2D eigenvalue weighted by Crippen LogP contribution is -2.48. The van der Waals surface area contributed by atoms with Gasteiger partial charge >= 0.3 is 0 Å². The highest BCUT2D eigenvalue weighted by Crippen LogP contribution is 2.05. The van der Waals surface area contributed by atoms with Crippen LogP contribution < -0.4 is 5.73 Å². The van der Waals surface area contributed by atoms with E-state index in [4.69, 9.17) is 32.2 Å². The van der Waals surface area contributed by atoms with E-state index in [1.165, 1.54) is 0 Å². The van der Waals surface area contributed by atoms with E-state index in [0.29, 0.717) is 11.6 Å². The Morgan fingerprint density at radius 3 is 3.00 bits per heavy atom. The fraction of sp³-hybridized carbons (Fsp3) is 0.909.